The van der Waals surface area contributed by atoms with Gasteiger partial charge in [0.15, 0.2) is 5.76 Å². The molecule has 0 saturated carbocycles. The Labute approximate surface area is 733 Å². The van der Waals surface area contributed by atoms with Gasteiger partial charge in [0.1, 0.15) is 22.8 Å². The number of hydrogen-bond donors (Lipinski definition) is 0. The predicted molar refractivity (Wildman–Crippen MR) is 481 cm³/mol. The van der Waals surface area contributed by atoms with Crippen molar-refractivity contribution in [1.82, 2.24) is 19.6 Å². The van der Waals surface area contributed by atoms with Gasteiger partial charge in [0.05, 0.1) is 104 Å². The Kier molecular flexibility index (Phi) is 30.7. The van der Waals surface area contributed by atoms with Gasteiger partial charge in [0.2, 0.25) is 0 Å². The molecule has 1 aromatic heterocycles. The molecule has 20 heteroatoms. The van der Waals surface area contributed by atoms with E-state index >= 15 is 0 Å². The van der Waals surface area contributed by atoms with Gasteiger partial charge in [-0.1, -0.05) is 163 Å². The summed E-state index contributed by atoms with van der Waals surface area (Å²) in [5, 5.41) is 0.959. The molecule has 8 unspecified atom stereocenters. The molecule has 8 aromatic carbocycles. The smallest absolute Gasteiger partial charge is 0.289 e. The average Bonchev–Trinajstić information content (AvgIpc) is 0.805. The summed E-state index contributed by atoms with van der Waals surface area (Å²) >= 11 is 0. The number of furan rings is 1. The summed E-state index contributed by atoms with van der Waals surface area (Å²) in [6.45, 7) is 22.4. The minimum atomic E-state index is -0.247. The third kappa shape index (κ3) is 22.0. The lowest BCUT2D eigenvalue weighted by Crippen LogP contribution is -2.52. The van der Waals surface area contributed by atoms with Crippen molar-refractivity contribution in [2.75, 3.05) is 100 Å². The summed E-state index contributed by atoms with van der Waals surface area (Å²) in [6.07, 6.45) is 14.5. The topological polar surface area (TPSA) is 196 Å². The highest BCUT2D eigenvalue weighted by atomic mass is 16.6. The van der Waals surface area contributed by atoms with Gasteiger partial charge in [-0.2, -0.15) is 0 Å². The van der Waals surface area contributed by atoms with E-state index in [4.69, 9.17) is 56.5 Å². The van der Waals surface area contributed by atoms with Gasteiger partial charge in [0.25, 0.3) is 23.6 Å². The summed E-state index contributed by atoms with van der Waals surface area (Å²) in [5.74, 6) is 2.53. The summed E-state index contributed by atoms with van der Waals surface area (Å²) in [6, 6.07) is 68.4. The molecule has 0 radical (unpaired) electrons. The first-order valence-electron chi connectivity index (χ1n) is 45.2. The van der Waals surface area contributed by atoms with E-state index in [0.29, 0.717) is 113 Å². The van der Waals surface area contributed by atoms with Gasteiger partial charge >= 0.3 is 0 Å². The zero-order valence-electron chi connectivity index (χ0n) is 74.4. The van der Waals surface area contributed by atoms with E-state index in [1.54, 1.807) is 21.3 Å². The Morgan fingerprint density at radius 3 is 1.02 bits per heavy atom. The van der Waals surface area contributed by atoms with Crippen LogP contribution in [0.3, 0.4) is 0 Å². The van der Waals surface area contributed by atoms with Crippen LogP contribution in [-0.4, -0.2) is 190 Å². The Morgan fingerprint density at radius 1 is 0.331 bits per heavy atom. The van der Waals surface area contributed by atoms with E-state index in [9.17, 15) is 19.2 Å². The number of carbonyl (C=O) groups is 4. The van der Waals surface area contributed by atoms with Gasteiger partial charge in [0, 0.05) is 147 Å². The quantitative estimate of drug-likeness (QED) is 0.0740. The van der Waals surface area contributed by atoms with Crippen molar-refractivity contribution < 1.29 is 75.7 Å². The number of likely N-dealkylation sites (tertiary alicyclic amines) is 4. The summed E-state index contributed by atoms with van der Waals surface area (Å²) in [5.41, 5.74) is 9.60. The standard InChI is InChI=1S/C26H29NO4.3C26H33NO4/c1-2-29-21-17-23(19-8-4-3-5-9-19)31-26(18-21)12-14-27(15-13-26)25(28)24-16-20-10-6-7-11-22(20)30-24;1-4-30-21-17-24(20-9-6-5-7-10-20)31-26(18-21)13-15-27(16-14-26)25(28)22-11-8-12-23(29-3)19(22)2;1-4-30-21-17-24(20-8-6-5-7-9-20)31-26(18-21)12-14-27(15-13-26)25(28)22-16-19(2)10-11-23(22)29-3;1-4-30-21-17-23(20-8-6-5-7-9-20)31-26(18-21)12-14-27(15-13-26)25(28)22-11-10-19(2)16-24(22)29-3/h3-11,16,21,23H,2,12-15,17-18H2,1H3;5-12,21,24H,4,13-18H2,1-3H3;5-11,16,21,24H,4,12-15,17-18H2,1-3H3;5-11,16,21,23H,4,12-15,17-18H2,1-3H3. The number of ether oxygens (including phenoxy) is 11. The summed E-state index contributed by atoms with van der Waals surface area (Å²) in [7, 11) is 4.86. The van der Waals surface area contributed by atoms with Crippen molar-refractivity contribution >= 4 is 34.6 Å². The fourth-order valence-electron chi connectivity index (χ4n) is 20.0. The van der Waals surface area contributed by atoms with E-state index in [-0.39, 0.29) is 94.9 Å². The maximum atomic E-state index is 13.2. The Bertz CT molecular complexity index is 4900. The monoisotopic (exact) mass is 1690 g/mol. The number of fused-ring (bicyclic) bond motifs is 1. The highest BCUT2D eigenvalue weighted by Crippen LogP contribution is 2.50. The number of para-hydroxylation sites is 1. The average molecular weight is 1690 g/mol. The van der Waals surface area contributed by atoms with Crippen LogP contribution in [0.1, 0.15) is 235 Å². The van der Waals surface area contributed by atoms with Crippen LogP contribution in [0.25, 0.3) is 11.0 Å². The van der Waals surface area contributed by atoms with Crippen molar-refractivity contribution in [3.63, 3.8) is 0 Å². The first-order chi connectivity index (χ1) is 60.3. The second-order valence-corrected chi connectivity index (χ2v) is 34.7. The van der Waals surface area contributed by atoms with E-state index in [1.165, 1.54) is 22.3 Å². The van der Waals surface area contributed by atoms with Gasteiger partial charge in [-0.15, -0.1) is 0 Å². The van der Waals surface area contributed by atoms with Crippen LogP contribution in [0.4, 0.5) is 0 Å². The van der Waals surface area contributed by atoms with E-state index < -0.39 is 0 Å². The minimum Gasteiger partial charge on any atom is -0.496 e. The number of rotatable bonds is 19. The summed E-state index contributed by atoms with van der Waals surface area (Å²) in [4.78, 5) is 60.4. The van der Waals surface area contributed by atoms with Crippen LogP contribution in [0.15, 0.2) is 211 Å². The van der Waals surface area contributed by atoms with Gasteiger partial charge < -0.3 is 76.1 Å². The number of piperidine rings is 4. The normalized spacial score (nSPS) is 23.1. The molecule has 660 valence electrons. The molecule has 0 bridgehead atoms. The molecule has 9 heterocycles. The van der Waals surface area contributed by atoms with Gasteiger partial charge in [-0.3, -0.25) is 19.2 Å². The van der Waals surface area contributed by atoms with Crippen molar-refractivity contribution in [2.45, 2.75) is 222 Å². The lowest BCUT2D eigenvalue weighted by Gasteiger charge is -2.49. The lowest BCUT2D eigenvalue weighted by atomic mass is 9.80. The molecular formula is C104H128N4O16. The van der Waals surface area contributed by atoms with Crippen molar-refractivity contribution in [3.05, 3.63) is 268 Å². The molecule has 8 saturated heterocycles. The zero-order chi connectivity index (χ0) is 86.8. The molecule has 8 atom stereocenters. The maximum Gasteiger partial charge on any atom is 0.289 e. The molecule has 9 aromatic rings. The fraction of sp³-hybridized carbons (Fsp3) is 0.481. The second kappa shape index (κ2) is 42.0. The third-order valence-electron chi connectivity index (χ3n) is 26.6. The van der Waals surface area contributed by atoms with Crippen LogP contribution < -0.4 is 14.2 Å². The number of benzene rings is 8. The van der Waals surface area contributed by atoms with E-state index in [1.807, 2.05) is 156 Å². The van der Waals surface area contributed by atoms with Crippen molar-refractivity contribution in [2.24, 2.45) is 0 Å². The first-order valence-corrected chi connectivity index (χ1v) is 45.2. The minimum absolute atomic E-state index is 0.0310. The fourth-order valence-corrected chi connectivity index (χ4v) is 20.0. The van der Waals surface area contributed by atoms with Gasteiger partial charge in [-0.25, -0.2) is 0 Å². The number of hydrogen-bond acceptors (Lipinski definition) is 16. The molecule has 8 aliphatic rings. The number of aryl methyl sites for hydroxylation is 2. The Morgan fingerprint density at radius 2 is 0.661 bits per heavy atom. The van der Waals surface area contributed by atoms with E-state index in [0.717, 1.165) is 136 Å². The van der Waals surface area contributed by atoms with Crippen LogP contribution in [0, 0.1) is 20.8 Å². The Hall–Kier alpha value is -9.74. The molecule has 20 nitrogen and oxygen atoms in total. The van der Waals surface area contributed by atoms with Crippen LogP contribution in [0.2, 0.25) is 0 Å². The van der Waals surface area contributed by atoms with Crippen molar-refractivity contribution in [1.29, 1.82) is 0 Å². The number of carbonyl (C=O) groups excluding carboxylic acids is 4. The number of amides is 4. The summed E-state index contributed by atoms with van der Waals surface area (Å²) < 4.78 is 73.3. The maximum absolute atomic E-state index is 13.2. The largest absolute Gasteiger partial charge is 0.496 e. The van der Waals surface area contributed by atoms with Crippen molar-refractivity contribution in [3.8, 4) is 17.2 Å². The molecule has 8 fully saturated rings. The highest BCUT2D eigenvalue weighted by Gasteiger charge is 2.50. The van der Waals surface area contributed by atoms with Crippen LogP contribution >= 0.6 is 0 Å². The SMILES string of the molecule is CCOC1CC(c2ccccc2)OC2(CCN(C(=O)c3cc(C)ccc3OC)CC2)C1.CCOC1CC(c2ccccc2)OC2(CCN(C(=O)c3cc4ccccc4o3)CC2)C1.CCOC1CC(c2ccccc2)OC2(CCN(C(=O)c3ccc(C)cc3OC)CC2)C1.CCOC1CC(c2ccccc2)OC2(CCN(C(=O)c3cccc(OC)c3C)CC2)C1. The number of methoxy groups -OCH3 is 3. The highest BCUT2D eigenvalue weighted by molar-refractivity contribution is 5.99. The predicted octanol–water partition coefficient (Wildman–Crippen LogP) is 20.2. The third-order valence-corrected chi connectivity index (χ3v) is 26.6. The number of nitrogens with zero attached hydrogens (tertiary/aromatic N) is 4. The first kappa shape index (κ1) is 90.5. The molecular weight excluding hydrogens is 1560 g/mol. The van der Waals surface area contributed by atoms with E-state index in [2.05, 4.69) is 118 Å². The Balaban J connectivity index is 0.000000135. The molecule has 17 rings (SSSR count). The molecule has 8 aliphatic heterocycles. The van der Waals surface area contributed by atoms with Crippen LogP contribution in [-0.2, 0) is 37.9 Å². The van der Waals surface area contributed by atoms with Crippen LogP contribution in [0.5, 0.6) is 17.2 Å². The molecule has 0 N–H and O–H groups in total. The second-order valence-electron chi connectivity index (χ2n) is 34.7. The zero-order valence-corrected chi connectivity index (χ0v) is 74.4. The molecule has 4 amide bonds. The lowest BCUT2D eigenvalue weighted by molar-refractivity contribution is -0.191. The molecule has 4 spiro atoms. The molecule has 0 aliphatic carbocycles. The molecule has 124 heavy (non-hydrogen) atoms. The van der Waals surface area contributed by atoms with Gasteiger partial charge in [-0.05, 0) is 176 Å².